The normalized spacial score (nSPS) is 19.9. The van der Waals surface area contributed by atoms with Crippen molar-refractivity contribution in [3.63, 3.8) is 0 Å². The molecule has 1 atom stereocenters. The third kappa shape index (κ3) is 2.55. The van der Waals surface area contributed by atoms with Crippen LogP contribution in [0, 0.1) is 0 Å². The molecule has 0 spiro atoms. The number of dihydropyridines is 1. The van der Waals surface area contributed by atoms with Crippen molar-refractivity contribution >= 4 is 11.5 Å². The second-order valence-electron chi connectivity index (χ2n) is 4.83. The number of aromatic nitrogens is 4. The molecule has 3 rings (SSSR count). The summed E-state index contributed by atoms with van der Waals surface area (Å²) in [5, 5.41) is 7.27. The van der Waals surface area contributed by atoms with E-state index >= 15 is 0 Å². The van der Waals surface area contributed by atoms with Gasteiger partial charge in [0.05, 0.1) is 7.11 Å². The number of carbonyl (C=O) groups is 1. The highest BCUT2D eigenvalue weighted by Gasteiger charge is 2.44. The van der Waals surface area contributed by atoms with Gasteiger partial charge in [0.15, 0.2) is 0 Å². The molecule has 0 saturated heterocycles. The van der Waals surface area contributed by atoms with E-state index in [0.29, 0.717) is 11.1 Å². The van der Waals surface area contributed by atoms with Gasteiger partial charge < -0.3 is 10.1 Å². The van der Waals surface area contributed by atoms with Crippen LogP contribution in [-0.4, -0.2) is 39.9 Å². The van der Waals surface area contributed by atoms with Crippen molar-refractivity contribution in [2.75, 3.05) is 14.2 Å². The van der Waals surface area contributed by atoms with Crippen LogP contribution < -0.4 is 10.8 Å². The van der Waals surface area contributed by atoms with E-state index in [0.717, 1.165) is 0 Å². The Balaban J connectivity index is 2.25. The number of allylic oxidation sites excluding steroid dienone is 2. The number of rotatable bonds is 5. The number of hydroxylamine groups is 1. The smallest absolute Gasteiger partial charge is 0.278 e. The van der Waals surface area contributed by atoms with Crippen molar-refractivity contribution in [1.29, 1.82) is 0 Å². The fourth-order valence-electron chi connectivity index (χ4n) is 2.56. The Morgan fingerprint density at radius 1 is 1.33 bits per heavy atom. The summed E-state index contributed by atoms with van der Waals surface area (Å²) in [6, 6.07) is 1.73. The standard InChI is InChI=1S/C15H16N6O3/c1-23-15(21-7-3-5-19-21)13(14(22)20-24-2)12(4-6-18-15)11-8-16-10-17-9-11/h3-10,18H,1-2H3,(H,20,22). The number of nitrogens with zero attached hydrogens (tertiary/aromatic N) is 4. The van der Waals surface area contributed by atoms with Gasteiger partial charge in [0.25, 0.3) is 11.8 Å². The average Bonchev–Trinajstić information content (AvgIpc) is 3.17. The average molecular weight is 328 g/mol. The molecule has 2 aromatic heterocycles. The second-order valence-corrected chi connectivity index (χ2v) is 4.83. The van der Waals surface area contributed by atoms with Crippen molar-refractivity contribution in [1.82, 2.24) is 30.5 Å². The molecule has 124 valence electrons. The third-order valence-corrected chi connectivity index (χ3v) is 3.55. The number of hydrogen-bond donors (Lipinski definition) is 2. The zero-order chi connectivity index (χ0) is 17.0. The molecule has 1 aliphatic heterocycles. The SMILES string of the molecule is CONC(=O)C1=C(c2cncnc2)C=CNC1(OC)n1cccn1. The highest BCUT2D eigenvalue weighted by Crippen LogP contribution is 2.34. The van der Waals surface area contributed by atoms with Crippen LogP contribution >= 0.6 is 0 Å². The van der Waals surface area contributed by atoms with Crippen LogP contribution in [-0.2, 0) is 20.2 Å². The minimum Gasteiger partial charge on any atom is -0.341 e. The van der Waals surface area contributed by atoms with Gasteiger partial charge in [0, 0.05) is 49.2 Å². The van der Waals surface area contributed by atoms with Crippen LogP contribution in [0.4, 0.5) is 0 Å². The Morgan fingerprint density at radius 2 is 2.12 bits per heavy atom. The fraction of sp³-hybridized carbons (Fsp3) is 0.200. The van der Waals surface area contributed by atoms with E-state index in [2.05, 4.69) is 25.9 Å². The van der Waals surface area contributed by atoms with Crippen molar-refractivity contribution < 1.29 is 14.4 Å². The van der Waals surface area contributed by atoms with Gasteiger partial charge >= 0.3 is 0 Å². The first-order valence-corrected chi connectivity index (χ1v) is 7.06. The predicted molar refractivity (Wildman–Crippen MR) is 83.6 cm³/mol. The Hall–Kier alpha value is -3.04. The Bertz CT molecular complexity index is 772. The summed E-state index contributed by atoms with van der Waals surface area (Å²) in [6.07, 6.45) is 11.3. The number of nitrogens with one attached hydrogen (secondary N) is 2. The molecular formula is C15H16N6O3. The quantitative estimate of drug-likeness (QED) is 0.755. The summed E-state index contributed by atoms with van der Waals surface area (Å²) < 4.78 is 7.18. The van der Waals surface area contributed by atoms with E-state index in [1.54, 1.807) is 43.1 Å². The topological polar surface area (TPSA) is 103 Å². The van der Waals surface area contributed by atoms with Gasteiger partial charge in [-0.2, -0.15) is 5.10 Å². The van der Waals surface area contributed by atoms with Crippen LogP contribution in [0.25, 0.3) is 5.57 Å². The maximum atomic E-state index is 12.7. The molecule has 0 aliphatic carbocycles. The second kappa shape index (κ2) is 6.60. The number of amides is 1. The summed E-state index contributed by atoms with van der Waals surface area (Å²) in [6.45, 7) is 0. The lowest BCUT2D eigenvalue weighted by atomic mass is 9.95. The largest absolute Gasteiger partial charge is 0.341 e. The van der Waals surface area contributed by atoms with E-state index in [9.17, 15) is 4.79 Å². The Kier molecular flexibility index (Phi) is 4.36. The van der Waals surface area contributed by atoms with E-state index in [-0.39, 0.29) is 5.57 Å². The lowest BCUT2D eigenvalue weighted by Gasteiger charge is -2.37. The molecule has 9 nitrogen and oxygen atoms in total. The van der Waals surface area contributed by atoms with Gasteiger partial charge in [-0.3, -0.25) is 9.63 Å². The summed E-state index contributed by atoms with van der Waals surface area (Å²) in [5.41, 5.74) is 3.83. The highest BCUT2D eigenvalue weighted by molar-refractivity contribution is 6.04. The molecule has 0 radical (unpaired) electrons. The number of ether oxygens (including phenoxy) is 1. The monoisotopic (exact) mass is 328 g/mol. The molecular weight excluding hydrogens is 312 g/mol. The highest BCUT2D eigenvalue weighted by atomic mass is 16.6. The van der Waals surface area contributed by atoms with Crippen LogP contribution in [0.5, 0.6) is 0 Å². The lowest BCUT2D eigenvalue weighted by Crippen LogP contribution is -2.54. The van der Waals surface area contributed by atoms with Crippen molar-refractivity contribution in [3.05, 3.63) is 60.6 Å². The van der Waals surface area contributed by atoms with Crippen molar-refractivity contribution in [3.8, 4) is 0 Å². The van der Waals surface area contributed by atoms with Gasteiger partial charge in [-0.25, -0.2) is 20.1 Å². The summed E-state index contributed by atoms with van der Waals surface area (Å²) in [5.74, 6) is -1.82. The van der Waals surface area contributed by atoms with E-state index in [1.807, 2.05) is 0 Å². The molecule has 1 aliphatic rings. The van der Waals surface area contributed by atoms with E-state index in [1.165, 1.54) is 25.2 Å². The Morgan fingerprint density at radius 3 is 2.75 bits per heavy atom. The first kappa shape index (κ1) is 15.8. The Labute approximate surface area is 138 Å². The van der Waals surface area contributed by atoms with Gasteiger partial charge in [-0.05, 0) is 12.1 Å². The number of hydrogen-bond acceptors (Lipinski definition) is 7. The zero-order valence-corrected chi connectivity index (χ0v) is 13.1. The molecule has 0 saturated carbocycles. The number of carbonyl (C=O) groups excluding carboxylic acids is 1. The minimum absolute atomic E-state index is 0.257. The van der Waals surface area contributed by atoms with Gasteiger partial charge in [-0.1, -0.05) is 0 Å². The molecule has 0 fully saturated rings. The molecule has 1 unspecified atom stereocenters. The van der Waals surface area contributed by atoms with E-state index < -0.39 is 11.8 Å². The minimum atomic E-state index is -1.34. The van der Waals surface area contributed by atoms with Crippen LogP contribution in [0.15, 0.2) is 55.0 Å². The van der Waals surface area contributed by atoms with Crippen LogP contribution in [0.3, 0.4) is 0 Å². The predicted octanol–water partition coefficient (Wildman–Crippen LogP) is 0.178. The van der Waals surface area contributed by atoms with Gasteiger partial charge in [0.2, 0.25) is 0 Å². The molecule has 0 aromatic carbocycles. The van der Waals surface area contributed by atoms with Gasteiger partial charge in [-0.15, -0.1) is 0 Å². The maximum absolute atomic E-state index is 12.7. The lowest BCUT2D eigenvalue weighted by molar-refractivity contribution is -0.136. The summed E-state index contributed by atoms with van der Waals surface area (Å²) in [7, 11) is 2.84. The van der Waals surface area contributed by atoms with Crippen LogP contribution in [0.1, 0.15) is 5.56 Å². The molecule has 3 heterocycles. The molecule has 1 amide bonds. The fourth-order valence-corrected chi connectivity index (χ4v) is 2.56. The maximum Gasteiger partial charge on any atom is 0.278 e. The first-order valence-electron chi connectivity index (χ1n) is 7.06. The first-order chi connectivity index (χ1) is 11.7. The molecule has 9 heteroatoms. The number of methoxy groups -OCH3 is 1. The molecule has 0 bridgehead atoms. The van der Waals surface area contributed by atoms with Crippen molar-refractivity contribution in [2.45, 2.75) is 5.85 Å². The van der Waals surface area contributed by atoms with Crippen molar-refractivity contribution in [2.24, 2.45) is 0 Å². The third-order valence-electron chi connectivity index (χ3n) is 3.55. The zero-order valence-electron chi connectivity index (χ0n) is 13.1. The van der Waals surface area contributed by atoms with Crippen LogP contribution in [0.2, 0.25) is 0 Å². The molecule has 24 heavy (non-hydrogen) atoms. The summed E-state index contributed by atoms with van der Waals surface area (Å²) >= 11 is 0. The summed E-state index contributed by atoms with van der Waals surface area (Å²) in [4.78, 5) is 25.5. The van der Waals surface area contributed by atoms with Gasteiger partial charge in [0.1, 0.15) is 11.9 Å². The molecule has 2 aromatic rings. The van der Waals surface area contributed by atoms with E-state index in [4.69, 9.17) is 9.57 Å². The molecule has 2 N–H and O–H groups in total.